The highest BCUT2D eigenvalue weighted by Crippen LogP contribution is 2.32. The molecule has 9 heteroatoms. The number of hydrogen-bond acceptors (Lipinski definition) is 6. The first-order valence-electron chi connectivity index (χ1n) is 12.8. The topological polar surface area (TPSA) is 88.9 Å². The van der Waals surface area contributed by atoms with Gasteiger partial charge in [-0.15, -0.1) is 5.10 Å². The van der Waals surface area contributed by atoms with Crippen LogP contribution in [0, 0.1) is 13.8 Å². The summed E-state index contributed by atoms with van der Waals surface area (Å²) in [6.45, 7) is 5.95. The number of H-pyrrole nitrogens is 1. The molecule has 5 rings (SSSR count). The number of tetrazole rings is 1. The number of hydrogen-bond donors (Lipinski definition) is 1. The van der Waals surface area contributed by atoms with Gasteiger partial charge in [-0.1, -0.05) is 71.8 Å². The Hall–Kier alpha value is -3.85. The Bertz CT molecular complexity index is 1630. The Kier molecular flexibility index (Phi) is 8.16. The largest absolute Gasteiger partial charge is 0.383 e. The summed E-state index contributed by atoms with van der Waals surface area (Å²) in [5.74, 6) is 0.559. The molecule has 1 atom stereocenters. The van der Waals surface area contributed by atoms with Gasteiger partial charge in [-0.05, 0) is 64.5 Å². The molecule has 0 aliphatic carbocycles. The molecule has 0 bridgehead atoms. The van der Waals surface area contributed by atoms with Crippen LogP contribution >= 0.6 is 11.6 Å². The lowest BCUT2D eigenvalue weighted by molar-refractivity contribution is 0.169. The lowest BCUT2D eigenvalue weighted by atomic mass is 9.99. The number of fused-ring (bicyclic) bond motifs is 1. The maximum absolute atomic E-state index is 13.8. The molecule has 0 unspecified atom stereocenters. The zero-order valence-electron chi connectivity index (χ0n) is 22.3. The number of aromatic nitrogens is 5. The third kappa shape index (κ3) is 5.93. The predicted octanol–water partition coefficient (Wildman–Crippen LogP) is 5.22. The minimum Gasteiger partial charge on any atom is -0.383 e. The summed E-state index contributed by atoms with van der Waals surface area (Å²) in [7, 11) is 1.64. The van der Waals surface area contributed by atoms with Gasteiger partial charge in [-0.3, -0.25) is 9.69 Å². The van der Waals surface area contributed by atoms with Gasteiger partial charge in [0.05, 0.1) is 18.7 Å². The van der Waals surface area contributed by atoms with Gasteiger partial charge in [0.15, 0.2) is 5.82 Å². The number of methoxy groups -OCH3 is 1. The molecule has 0 saturated heterocycles. The molecular formula is C30H31ClN6O2. The van der Waals surface area contributed by atoms with Crippen molar-refractivity contribution in [3.8, 4) is 0 Å². The summed E-state index contributed by atoms with van der Waals surface area (Å²) in [6, 6.07) is 23.5. The normalized spacial score (nSPS) is 12.3. The molecule has 2 aromatic heterocycles. The Morgan fingerprint density at radius 2 is 1.79 bits per heavy atom. The second-order valence-corrected chi connectivity index (χ2v) is 10.1. The highest BCUT2D eigenvalue weighted by molar-refractivity contribution is 6.31. The summed E-state index contributed by atoms with van der Waals surface area (Å²) in [4.78, 5) is 19.1. The monoisotopic (exact) mass is 542 g/mol. The Labute approximate surface area is 232 Å². The van der Waals surface area contributed by atoms with E-state index in [1.54, 1.807) is 11.8 Å². The van der Waals surface area contributed by atoms with Gasteiger partial charge < -0.3 is 9.72 Å². The summed E-state index contributed by atoms with van der Waals surface area (Å²) < 4.78 is 7.03. The first-order chi connectivity index (χ1) is 18.9. The number of pyridine rings is 1. The number of aryl methyl sites for hydroxylation is 2. The molecule has 2 heterocycles. The van der Waals surface area contributed by atoms with Crippen molar-refractivity contribution in [2.24, 2.45) is 0 Å². The van der Waals surface area contributed by atoms with Crippen LogP contribution in [0.5, 0.6) is 0 Å². The van der Waals surface area contributed by atoms with E-state index in [2.05, 4.69) is 56.6 Å². The van der Waals surface area contributed by atoms with Crippen molar-refractivity contribution in [2.45, 2.75) is 39.5 Å². The molecule has 8 nitrogen and oxygen atoms in total. The lowest BCUT2D eigenvalue weighted by Gasteiger charge is -2.31. The molecular weight excluding hydrogens is 512 g/mol. The molecule has 5 aromatic rings. The molecule has 0 fully saturated rings. The van der Waals surface area contributed by atoms with E-state index in [-0.39, 0.29) is 5.56 Å². The van der Waals surface area contributed by atoms with E-state index in [1.807, 2.05) is 55.5 Å². The van der Waals surface area contributed by atoms with Crippen molar-refractivity contribution in [2.75, 3.05) is 13.7 Å². The van der Waals surface area contributed by atoms with Crippen LogP contribution < -0.4 is 5.56 Å². The summed E-state index contributed by atoms with van der Waals surface area (Å²) in [5.41, 5.74) is 5.38. The number of rotatable bonds is 10. The van der Waals surface area contributed by atoms with Crippen molar-refractivity contribution in [3.63, 3.8) is 0 Å². The van der Waals surface area contributed by atoms with E-state index in [0.717, 1.165) is 33.2 Å². The molecule has 0 spiro atoms. The molecule has 200 valence electrons. The van der Waals surface area contributed by atoms with Gasteiger partial charge in [0.2, 0.25) is 0 Å². The highest BCUT2D eigenvalue weighted by atomic mass is 35.5. The fourth-order valence-electron chi connectivity index (χ4n) is 5.05. The molecule has 3 aromatic carbocycles. The van der Waals surface area contributed by atoms with Gasteiger partial charge >= 0.3 is 0 Å². The van der Waals surface area contributed by atoms with Gasteiger partial charge in [0, 0.05) is 30.8 Å². The fourth-order valence-corrected chi connectivity index (χ4v) is 5.25. The van der Waals surface area contributed by atoms with Gasteiger partial charge in [0.25, 0.3) is 5.56 Å². The van der Waals surface area contributed by atoms with Crippen molar-refractivity contribution in [1.29, 1.82) is 0 Å². The van der Waals surface area contributed by atoms with E-state index < -0.39 is 6.04 Å². The summed E-state index contributed by atoms with van der Waals surface area (Å²) in [6.07, 6.45) is 0. The van der Waals surface area contributed by atoms with Gasteiger partial charge in [0.1, 0.15) is 6.04 Å². The number of nitrogens with zero attached hydrogens (tertiary/aromatic N) is 5. The van der Waals surface area contributed by atoms with Crippen LogP contribution in [0.3, 0.4) is 0 Å². The predicted molar refractivity (Wildman–Crippen MR) is 153 cm³/mol. The quantitative estimate of drug-likeness (QED) is 0.260. The minimum atomic E-state index is -0.567. The Morgan fingerprint density at radius 3 is 2.56 bits per heavy atom. The number of aromatic amines is 1. The van der Waals surface area contributed by atoms with E-state index in [4.69, 9.17) is 16.3 Å². The third-order valence-electron chi connectivity index (χ3n) is 6.85. The highest BCUT2D eigenvalue weighted by Gasteiger charge is 2.31. The van der Waals surface area contributed by atoms with E-state index >= 15 is 0 Å². The van der Waals surface area contributed by atoms with E-state index in [0.29, 0.717) is 42.7 Å². The SMILES string of the molecule is COCCn1nnnc1[C@@H](c1cc2cc(C)cc(C)c2[nH]c1=O)N(Cc1ccccc1)Cc1ccccc1Cl. The van der Waals surface area contributed by atoms with Crippen molar-refractivity contribution in [1.82, 2.24) is 30.1 Å². The fraction of sp³-hybridized carbons (Fsp3) is 0.267. The van der Waals surface area contributed by atoms with Crippen LogP contribution in [0.25, 0.3) is 10.9 Å². The van der Waals surface area contributed by atoms with Crippen LogP contribution in [0.1, 0.15) is 39.7 Å². The minimum absolute atomic E-state index is 0.182. The molecule has 0 radical (unpaired) electrons. The number of ether oxygens (including phenoxy) is 1. The second-order valence-electron chi connectivity index (χ2n) is 9.74. The number of halogens is 1. The first-order valence-corrected chi connectivity index (χ1v) is 13.2. The zero-order valence-corrected chi connectivity index (χ0v) is 23.0. The zero-order chi connectivity index (χ0) is 27.4. The average Bonchev–Trinajstić information content (AvgIpc) is 3.38. The molecule has 0 amide bonds. The maximum Gasteiger partial charge on any atom is 0.253 e. The van der Waals surface area contributed by atoms with Crippen LogP contribution in [0.2, 0.25) is 5.02 Å². The van der Waals surface area contributed by atoms with Crippen LogP contribution in [0.4, 0.5) is 0 Å². The number of benzene rings is 3. The summed E-state index contributed by atoms with van der Waals surface area (Å²) >= 11 is 6.63. The van der Waals surface area contributed by atoms with Crippen LogP contribution in [-0.4, -0.2) is 43.8 Å². The van der Waals surface area contributed by atoms with Crippen LogP contribution in [0.15, 0.2) is 77.6 Å². The van der Waals surface area contributed by atoms with Gasteiger partial charge in [-0.2, -0.15) is 0 Å². The maximum atomic E-state index is 13.8. The Morgan fingerprint density at radius 1 is 1.03 bits per heavy atom. The van der Waals surface area contributed by atoms with Crippen molar-refractivity contribution >= 4 is 22.5 Å². The molecule has 0 aliphatic heterocycles. The molecule has 0 saturated carbocycles. The lowest BCUT2D eigenvalue weighted by Crippen LogP contribution is -2.35. The molecule has 39 heavy (non-hydrogen) atoms. The van der Waals surface area contributed by atoms with E-state index in [1.165, 1.54) is 0 Å². The third-order valence-corrected chi connectivity index (χ3v) is 7.22. The standard InChI is InChI=1S/C30H31ClN6O2/c1-20-15-21(2)27-24(16-20)17-25(30(38)32-27)28(29-33-34-35-37(29)13-14-39-3)36(18-22-9-5-4-6-10-22)19-23-11-7-8-12-26(23)31/h4-12,15-17,28H,13-14,18-19H2,1-3H3,(H,32,38)/t28-/m1/s1. The van der Waals surface area contributed by atoms with Crippen molar-refractivity contribution < 1.29 is 4.74 Å². The first kappa shape index (κ1) is 26.7. The average molecular weight is 543 g/mol. The van der Waals surface area contributed by atoms with Gasteiger partial charge in [-0.25, -0.2) is 4.68 Å². The van der Waals surface area contributed by atoms with E-state index in [9.17, 15) is 4.79 Å². The van der Waals surface area contributed by atoms with Crippen molar-refractivity contribution in [3.05, 3.63) is 122 Å². The number of nitrogens with one attached hydrogen (secondary N) is 1. The summed E-state index contributed by atoms with van der Waals surface area (Å²) in [5, 5.41) is 14.3. The molecule has 1 N–H and O–H groups in total. The smallest absolute Gasteiger partial charge is 0.253 e. The molecule has 0 aliphatic rings. The second kappa shape index (κ2) is 11.9. The van der Waals surface area contributed by atoms with Crippen LogP contribution in [-0.2, 0) is 24.4 Å². The Balaban J connectivity index is 1.72.